The first-order valence-corrected chi connectivity index (χ1v) is 7.88. The molecular formula is C17H25ClN2O3. The maximum atomic E-state index is 12.3. The van der Waals surface area contributed by atoms with E-state index in [2.05, 4.69) is 17.1 Å². The number of likely N-dealkylation sites (tertiary alicyclic amines) is 1. The zero-order chi connectivity index (χ0) is 16.1. The Kier molecular flexibility index (Phi) is 7.52. The maximum absolute atomic E-state index is 12.3. The highest BCUT2D eigenvalue weighted by atomic mass is 35.5. The Labute approximate surface area is 143 Å². The van der Waals surface area contributed by atoms with E-state index in [1.54, 1.807) is 0 Å². The fourth-order valence-electron chi connectivity index (χ4n) is 2.77. The second-order valence-corrected chi connectivity index (χ2v) is 5.86. The van der Waals surface area contributed by atoms with Crippen molar-refractivity contribution < 1.29 is 14.7 Å². The van der Waals surface area contributed by atoms with Crippen LogP contribution < -0.4 is 5.32 Å². The Bertz CT molecular complexity index is 525. The highest BCUT2D eigenvalue weighted by Crippen LogP contribution is 2.20. The molecule has 1 amide bonds. The molecule has 1 aromatic rings. The molecule has 1 aliphatic rings. The summed E-state index contributed by atoms with van der Waals surface area (Å²) in [4.78, 5) is 25.3. The molecule has 1 atom stereocenters. The fourth-order valence-corrected chi connectivity index (χ4v) is 2.77. The number of rotatable bonds is 5. The number of piperidine rings is 1. The lowest BCUT2D eigenvalue weighted by atomic mass is 9.96. The van der Waals surface area contributed by atoms with Crippen molar-refractivity contribution in [2.75, 3.05) is 18.4 Å². The number of aliphatic carboxylic acids is 1. The summed E-state index contributed by atoms with van der Waals surface area (Å²) in [5.74, 6) is -1.04. The van der Waals surface area contributed by atoms with Gasteiger partial charge in [-0.05, 0) is 57.0 Å². The van der Waals surface area contributed by atoms with Gasteiger partial charge in [-0.15, -0.1) is 12.4 Å². The van der Waals surface area contributed by atoms with Crippen LogP contribution in [-0.4, -0.2) is 41.0 Å². The molecule has 6 heteroatoms. The number of halogens is 1. The molecule has 0 bridgehead atoms. The Balaban J connectivity index is 0.00000264. The standard InChI is InChI=1S/C17H24N2O3.ClH/c1-3-13-4-6-15(7-5-13)18-16(20)12(2)19-10-8-14(9-11-19)17(21)22;/h4-7,12,14H,3,8-11H2,1-2H3,(H,18,20)(H,21,22);1H. The summed E-state index contributed by atoms with van der Waals surface area (Å²) < 4.78 is 0. The van der Waals surface area contributed by atoms with Gasteiger partial charge in [-0.3, -0.25) is 14.5 Å². The lowest BCUT2D eigenvalue weighted by molar-refractivity contribution is -0.143. The van der Waals surface area contributed by atoms with Gasteiger partial charge in [0.25, 0.3) is 0 Å². The maximum Gasteiger partial charge on any atom is 0.306 e. The highest BCUT2D eigenvalue weighted by molar-refractivity contribution is 5.94. The van der Waals surface area contributed by atoms with Crippen molar-refractivity contribution in [3.8, 4) is 0 Å². The van der Waals surface area contributed by atoms with Crippen LogP contribution >= 0.6 is 12.4 Å². The summed E-state index contributed by atoms with van der Waals surface area (Å²) in [6, 6.07) is 7.61. The van der Waals surface area contributed by atoms with Crippen molar-refractivity contribution in [1.29, 1.82) is 0 Å². The average Bonchev–Trinajstić information content (AvgIpc) is 2.55. The summed E-state index contributed by atoms with van der Waals surface area (Å²) >= 11 is 0. The van der Waals surface area contributed by atoms with Gasteiger partial charge in [0, 0.05) is 5.69 Å². The molecule has 1 saturated heterocycles. The summed E-state index contributed by atoms with van der Waals surface area (Å²) in [6.07, 6.45) is 2.19. The Morgan fingerprint density at radius 2 is 1.83 bits per heavy atom. The van der Waals surface area contributed by atoms with E-state index >= 15 is 0 Å². The number of amides is 1. The van der Waals surface area contributed by atoms with Crippen molar-refractivity contribution in [3.05, 3.63) is 29.8 Å². The third-order valence-electron chi connectivity index (χ3n) is 4.44. The Hall–Kier alpha value is -1.59. The molecular weight excluding hydrogens is 316 g/mol. The van der Waals surface area contributed by atoms with Crippen LogP contribution in [0.5, 0.6) is 0 Å². The van der Waals surface area contributed by atoms with E-state index in [-0.39, 0.29) is 30.3 Å². The van der Waals surface area contributed by atoms with Crippen LogP contribution in [0.2, 0.25) is 0 Å². The van der Waals surface area contributed by atoms with Crippen LogP contribution in [-0.2, 0) is 16.0 Å². The first-order chi connectivity index (χ1) is 10.5. The summed E-state index contributed by atoms with van der Waals surface area (Å²) in [5, 5.41) is 11.9. The number of nitrogens with zero attached hydrogens (tertiary/aromatic N) is 1. The molecule has 1 unspecified atom stereocenters. The van der Waals surface area contributed by atoms with Crippen LogP contribution in [0.15, 0.2) is 24.3 Å². The molecule has 2 rings (SSSR count). The van der Waals surface area contributed by atoms with E-state index in [9.17, 15) is 9.59 Å². The first-order valence-electron chi connectivity index (χ1n) is 7.88. The van der Waals surface area contributed by atoms with Crippen molar-refractivity contribution in [2.24, 2.45) is 5.92 Å². The predicted octanol–water partition coefficient (Wildman–Crippen LogP) is 2.79. The lowest BCUT2D eigenvalue weighted by Gasteiger charge is -2.33. The third-order valence-corrected chi connectivity index (χ3v) is 4.44. The molecule has 23 heavy (non-hydrogen) atoms. The summed E-state index contributed by atoms with van der Waals surface area (Å²) in [6.45, 7) is 5.27. The molecule has 128 valence electrons. The third kappa shape index (κ3) is 5.22. The number of hydrogen-bond acceptors (Lipinski definition) is 3. The number of nitrogens with one attached hydrogen (secondary N) is 1. The van der Waals surface area contributed by atoms with E-state index in [0.717, 1.165) is 12.1 Å². The minimum Gasteiger partial charge on any atom is -0.481 e. The van der Waals surface area contributed by atoms with E-state index in [4.69, 9.17) is 5.11 Å². The molecule has 1 fully saturated rings. The van der Waals surface area contributed by atoms with Crippen molar-refractivity contribution >= 4 is 30.0 Å². The molecule has 0 saturated carbocycles. The van der Waals surface area contributed by atoms with E-state index in [1.165, 1.54) is 5.56 Å². The molecule has 1 aliphatic heterocycles. The SMILES string of the molecule is CCc1ccc(NC(=O)C(C)N2CCC(C(=O)O)CC2)cc1.Cl. The van der Waals surface area contributed by atoms with Gasteiger partial charge in [-0.2, -0.15) is 0 Å². The lowest BCUT2D eigenvalue weighted by Crippen LogP contribution is -2.46. The molecule has 5 nitrogen and oxygen atoms in total. The molecule has 0 spiro atoms. The number of hydrogen-bond donors (Lipinski definition) is 2. The average molecular weight is 341 g/mol. The molecule has 0 aliphatic carbocycles. The molecule has 0 aromatic heterocycles. The second-order valence-electron chi connectivity index (χ2n) is 5.86. The number of anilines is 1. The number of carboxylic acids is 1. The second kappa shape index (κ2) is 8.89. The molecule has 2 N–H and O–H groups in total. The van der Waals surface area contributed by atoms with Crippen molar-refractivity contribution in [2.45, 2.75) is 39.2 Å². The van der Waals surface area contributed by atoms with Crippen molar-refractivity contribution in [3.63, 3.8) is 0 Å². The normalized spacial score (nSPS) is 17.1. The van der Waals surface area contributed by atoms with E-state index < -0.39 is 5.97 Å². The van der Waals surface area contributed by atoms with Gasteiger partial charge in [-0.25, -0.2) is 0 Å². The van der Waals surface area contributed by atoms with Gasteiger partial charge >= 0.3 is 5.97 Å². The molecule has 1 heterocycles. The summed E-state index contributed by atoms with van der Waals surface area (Å²) in [5.41, 5.74) is 2.04. The number of aryl methyl sites for hydroxylation is 1. The monoisotopic (exact) mass is 340 g/mol. The van der Waals surface area contributed by atoms with Crippen LogP contribution in [0.25, 0.3) is 0 Å². The van der Waals surface area contributed by atoms with E-state index in [0.29, 0.717) is 25.9 Å². The number of carbonyl (C=O) groups excluding carboxylic acids is 1. The smallest absolute Gasteiger partial charge is 0.306 e. The van der Waals surface area contributed by atoms with Gasteiger partial charge in [0.1, 0.15) is 0 Å². The van der Waals surface area contributed by atoms with Gasteiger partial charge in [0.05, 0.1) is 12.0 Å². The van der Waals surface area contributed by atoms with E-state index in [1.807, 2.05) is 31.2 Å². The first kappa shape index (κ1) is 19.5. The van der Waals surface area contributed by atoms with Crippen LogP contribution in [0.4, 0.5) is 5.69 Å². The largest absolute Gasteiger partial charge is 0.481 e. The quantitative estimate of drug-likeness (QED) is 0.864. The highest BCUT2D eigenvalue weighted by Gasteiger charge is 2.29. The van der Waals surface area contributed by atoms with Gasteiger partial charge in [0.2, 0.25) is 5.91 Å². The zero-order valence-corrected chi connectivity index (χ0v) is 14.4. The van der Waals surface area contributed by atoms with Crippen LogP contribution in [0.1, 0.15) is 32.3 Å². The Morgan fingerprint density at radius 3 is 2.30 bits per heavy atom. The molecule has 0 radical (unpaired) electrons. The summed E-state index contributed by atoms with van der Waals surface area (Å²) in [7, 11) is 0. The van der Waals surface area contributed by atoms with Gasteiger partial charge in [0.15, 0.2) is 0 Å². The molecule has 1 aromatic carbocycles. The predicted molar refractivity (Wildman–Crippen MR) is 93.1 cm³/mol. The number of carboxylic acid groups (broad SMARTS) is 1. The van der Waals surface area contributed by atoms with Crippen LogP contribution in [0.3, 0.4) is 0 Å². The van der Waals surface area contributed by atoms with Gasteiger partial charge in [-0.1, -0.05) is 19.1 Å². The topological polar surface area (TPSA) is 69.6 Å². The minimum absolute atomic E-state index is 0. The Morgan fingerprint density at radius 1 is 1.26 bits per heavy atom. The number of carbonyl (C=O) groups is 2. The fraction of sp³-hybridized carbons (Fsp3) is 0.529. The van der Waals surface area contributed by atoms with Crippen LogP contribution in [0, 0.1) is 5.92 Å². The minimum atomic E-state index is -0.729. The zero-order valence-electron chi connectivity index (χ0n) is 13.6. The number of benzene rings is 1. The van der Waals surface area contributed by atoms with Gasteiger partial charge < -0.3 is 10.4 Å². The van der Waals surface area contributed by atoms with Crippen molar-refractivity contribution in [1.82, 2.24) is 4.90 Å².